The number of carboxylic acid groups (broad SMARTS) is 1. The zero-order valence-electron chi connectivity index (χ0n) is 27.8. The second kappa shape index (κ2) is 15.5. The Morgan fingerprint density at radius 2 is 1.79 bits per heavy atom. The summed E-state index contributed by atoms with van der Waals surface area (Å²) < 4.78 is 13.2. The molecule has 0 radical (unpaired) electrons. The predicted molar refractivity (Wildman–Crippen MR) is 159 cm³/mol. The molecule has 0 amide bonds. The predicted octanol–water partition coefficient (Wildman–Crippen LogP) is 1.51. The molecule has 1 aromatic carbocycles. The molecule has 3 N–H and O–H groups in total. The van der Waals surface area contributed by atoms with Crippen LogP contribution in [0.5, 0.6) is 5.75 Å². The average Bonchev–Trinajstić information content (AvgIpc) is 3.31. The van der Waals surface area contributed by atoms with Crippen LogP contribution in [0.4, 0.5) is 0 Å². The van der Waals surface area contributed by atoms with Crippen LogP contribution in [-0.2, 0) is 20.7 Å². The number of hydrogen-bond acceptors (Lipinski definition) is 8. The first-order chi connectivity index (χ1) is 19.7. The Morgan fingerprint density at radius 3 is 2.33 bits per heavy atom. The summed E-state index contributed by atoms with van der Waals surface area (Å²) in [5.74, 6) is -2.92. The summed E-state index contributed by atoms with van der Waals surface area (Å²) in [5.41, 5.74) is -0.659. The molecule has 2 saturated heterocycles. The fourth-order valence-corrected chi connectivity index (χ4v) is 7.44. The zero-order valence-corrected chi connectivity index (χ0v) is 29.8. The maximum atomic E-state index is 13.9. The molecule has 0 saturated carbocycles. The van der Waals surface area contributed by atoms with Crippen LogP contribution in [0.15, 0.2) is 12.1 Å². The number of ketones is 1. The van der Waals surface area contributed by atoms with Gasteiger partial charge in [0, 0.05) is 17.4 Å². The largest absolute Gasteiger partial charge is 1.00 e. The Kier molecular flexibility index (Phi) is 13.8. The molecule has 0 aliphatic carbocycles. The molecule has 2 aliphatic heterocycles. The Morgan fingerprint density at radius 1 is 1.14 bits per heavy atom. The van der Waals surface area contributed by atoms with Crippen molar-refractivity contribution in [2.45, 2.75) is 142 Å². The van der Waals surface area contributed by atoms with Gasteiger partial charge in [0.05, 0.1) is 41.6 Å². The maximum absolute atomic E-state index is 13.9. The van der Waals surface area contributed by atoms with E-state index in [0.717, 1.165) is 12.8 Å². The van der Waals surface area contributed by atoms with Crippen LogP contribution in [0, 0.1) is 30.6 Å². The van der Waals surface area contributed by atoms with E-state index in [-0.39, 0.29) is 82.7 Å². The number of carboxylic acids is 1. The normalized spacial score (nSPS) is 32.0. The first-order valence-electron chi connectivity index (χ1n) is 16.0. The van der Waals surface area contributed by atoms with Gasteiger partial charge >= 0.3 is 29.6 Å². The van der Waals surface area contributed by atoms with Crippen LogP contribution >= 0.6 is 0 Å². The maximum Gasteiger partial charge on any atom is 1.00 e. The van der Waals surface area contributed by atoms with Gasteiger partial charge in [-0.2, -0.15) is 0 Å². The molecule has 43 heavy (non-hydrogen) atoms. The second-order valence-electron chi connectivity index (χ2n) is 13.2. The van der Waals surface area contributed by atoms with Crippen LogP contribution < -0.4 is 34.7 Å². The van der Waals surface area contributed by atoms with Crippen molar-refractivity contribution >= 4 is 11.8 Å². The number of hydrogen-bond donors (Lipinski definition) is 3. The first kappa shape index (κ1) is 38.2. The minimum absolute atomic E-state index is 0. The third kappa shape index (κ3) is 7.87. The molecule has 10 atom stereocenters. The first-order valence-corrected chi connectivity index (χ1v) is 16.0. The summed E-state index contributed by atoms with van der Waals surface area (Å²) in [4.78, 5) is 25.5. The molecule has 2 aliphatic rings. The second-order valence-corrected chi connectivity index (χ2v) is 13.2. The standard InChI is InChI=1S/C34H54O8.Na/c1-9-25(31-21(6)18-34(11-3,42-31)26-16-17-33(40,10-2)23(8)41-26)30(37)22(7)28(35)19(4)12-14-24-15-13-20(5)29(36)27(24)32(38)39;/h13,15,19,21-23,25-26,28,31,35-36,40H,9-12,14,16-18H2,1-8H3,(H,38,39);/q;+1/p-1/t19?,21?,22?,23?,25?,26?,28?,31?,33-,34?;/m0./s1. The van der Waals surface area contributed by atoms with Gasteiger partial charge in [0.2, 0.25) is 0 Å². The van der Waals surface area contributed by atoms with E-state index in [0.29, 0.717) is 49.7 Å². The van der Waals surface area contributed by atoms with Gasteiger partial charge in [-0.1, -0.05) is 53.7 Å². The molecular formula is C34H53NaO8. The molecule has 0 aromatic heterocycles. The molecule has 0 bridgehead atoms. The van der Waals surface area contributed by atoms with Crippen LogP contribution in [0.2, 0.25) is 0 Å². The molecule has 8 nitrogen and oxygen atoms in total. The number of aryl methyl sites for hydroxylation is 2. The molecule has 2 fully saturated rings. The number of Topliss-reactive ketones (excluding diaryl/α,β-unsaturated/α-hetero) is 1. The fourth-order valence-electron chi connectivity index (χ4n) is 7.44. The quantitative estimate of drug-likeness (QED) is 0.285. The number of carbonyl (C=O) groups excluding carboxylic acids is 2. The average molecular weight is 613 g/mol. The van der Waals surface area contributed by atoms with Crippen molar-refractivity contribution in [1.29, 1.82) is 0 Å². The van der Waals surface area contributed by atoms with E-state index in [4.69, 9.17) is 9.47 Å². The van der Waals surface area contributed by atoms with Gasteiger partial charge in [-0.15, -0.1) is 0 Å². The van der Waals surface area contributed by atoms with Crippen molar-refractivity contribution in [3.63, 3.8) is 0 Å². The number of aromatic hydroxyl groups is 1. The molecule has 0 spiro atoms. The van der Waals surface area contributed by atoms with E-state index in [1.165, 1.54) is 0 Å². The summed E-state index contributed by atoms with van der Waals surface area (Å²) in [6, 6.07) is 3.33. The van der Waals surface area contributed by atoms with Crippen LogP contribution in [0.1, 0.15) is 115 Å². The van der Waals surface area contributed by atoms with E-state index in [2.05, 4.69) is 13.8 Å². The van der Waals surface area contributed by atoms with Crippen molar-refractivity contribution in [2.24, 2.45) is 23.7 Å². The fraction of sp³-hybridized carbons (Fsp3) is 0.765. The smallest absolute Gasteiger partial charge is 0.545 e. The summed E-state index contributed by atoms with van der Waals surface area (Å²) in [7, 11) is 0. The van der Waals surface area contributed by atoms with Gasteiger partial charge in [-0.3, -0.25) is 4.79 Å². The van der Waals surface area contributed by atoms with E-state index >= 15 is 0 Å². The Bertz CT molecular complexity index is 1110. The van der Waals surface area contributed by atoms with E-state index in [9.17, 15) is 30.0 Å². The van der Waals surface area contributed by atoms with Crippen LogP contribution in [-0.4, -0.2) is 62.7 Å². The number of rotatable bonds is 13. The third-order valence-corrected chi connectivity index (χ3v) is 10.6. The molecule has 1 aromatic rings. The molecule has 9 unspecified atom stereocenters. The van der Waals surface area contributed by atoms with Crippen molar-refractivity contribution in [1.82, 2.24) is 0 Å². The van der Waals surface area contributed by atoms with E-state index < -0.39 is 29.2 Å². The van der Waals surface area contributed by atoms with Gasteiger partial charge in [0.1, 0.15) is 11.5 Å². The van der Waals surface area contributed by atoms with Crippen molar-refractivity contribution in [2.75, 3.05) is 0 Å². The Hall–Kier alpha value is -1.00. The van der Waals surface area contributed by atoms with Gasteiger partial charge in [-0.05, 0) is 88.2 Å². The Balaban J connectivity index is 0.00000645. The minimum Gasteiger partial charge on any atom is -0.545 e. The molecule has 9 heteroatoms. The van der Waals surface area contributed by atoms with Crippen LogP contribution in [0.3, 0.4) is 0 Å². The summed E-state index contributed by atoms with van der Waals surface area (Å²) in [6.45, 7) is 15.4. The molecule has 238 valence electrons. The number of aliphatic hydroxyl groups excluding tert-OH is 1. The SMILES string of the molecule is CCC(C(=O)C(C)C(O)C(C)CCc1ccc(C)c(O)c1C(=O)[O-])C1OC(CC)(C2CC[C@@](O)(CC)C(C)O2)CC1C.[Na+]. The van der Waals surface area contributed by atoms with Crippen molar-refractivity contribution in [3.05, 3.63) is 28.8 Å². The summed E-state index contributed by atoms with van der Waals surface area (Å²) >= 11 is 0. The summed E-state index contributed by atoms with van der Waals surface area (Å²) in [6.07, 6.45) is 3.21. The number of aliphatic hydroxyl groups is 2. The van der Waals surface area contributed by atoms with Crippen LogP contribution in [0.25, 0.3) is 0 Å². The van der Waals surface area contributed by atoms with Gasteiger partial charge < -0.3 is 34.7 Å². The van der Waals surface area contributed by atoms with Gasteiger partial charge in [-0.25, -0.2) is 0 Å². The topological polar surface area (TPSA) is 136 Å². The minimum atomic E-state index is -1.43. The number of ether oxygens (including phenoxy) is 2. The van der Waals surface area contributed by atoms with Gasteiger partial charge in [0.15, 0.2) is 0 Å². The number of carbonyl (C=O) groups is 2. The van der Waals surface area contributed by atoms with E-state index in [1.807, 2.05) is 27.7 Å². The number of phenols is 1. The summed E-state index contributed by atoms with van der Waals surface area (Å²) in [5, 5.41) is 44.1. The number of aromatic carboxylic acids is 1. The van der Waals surface area contributed by atoms with Gasteiger partial charge in [0.25, 0.3) is 0 Å². The Labute approximate surface area is 280 Å². The van der Waals surface area contributed by atoms with E-state index in [1.54, 1.807) is 26.0 Å². The molecular weight excluding hydrogens is 559 g/mol. The monoisotopic (exact) mass is 612 g/mol. The van der Waals surface area contributed by atoms with Crippen molar-refractivity contribution in [3.8, 4) is 5.75 Å². The number of benzene rings is 1. The van der Waals surface area contributed by atoms with Crippen molar-refractivity contribution < 1.29 is 69.0 Å². The third-order valence-electron chi connectivity index (χ3n) is 10.6. The zero-order chi connectivity index (χ0) is 31.6. The molecule has 2 heterocycles. The molecule has 3 rings (SSSR count).